The van der Waals surface area contributed by atoms with Gasteiger partial charge in [0.2, 0.25) is 11.8 Å². The van der Waals surface area contributed by atoms with Crippen LogP contribution < -0.4 is 5.32 Å². The van der Waals surface area contributed by atoms with Gasteiger partial charge in [-0.15, -0.1) is 11.3 Å². The van der Waals surface area contributed by atoms with E-state index in [1.54, 1.807) is 18.4 Å². The zero-order valence-electron chi connectivity index (χ0n) is 27.2. The SMILES string of the molecule is CNCC(=O)N1Cc2nc(-c3cccc(-c4cccc(-c5nc6cc(CN7CCC(C(=O)O)CC7)cc(C#N)c6o5)c4C)c3C)sc2C1. The van der Waals surface area contributed by atoms with Crippen LogP contribution in [-0.4, -0.2) is 63.4 Å². The van der Waals surface area contributed by atoms with Gasteiger partial charge in [0.1, 0.15) is 16.6 Å². The molecule has 0 saturated carbocycles. The van der Waals surface area contributed by atoms with Crippen LogP contribution in [0.15, 0.2) is 52.9 Å². The number of likely N-dealkylation sites (N-methyl/N-ethyl adjacent to an activating group) is 1. The summed E-state index contributed by atoms with van der Waals surface area (Å²) in [5.74, 6) is -0.476. The zero-order chi connectivity index (χ0) is 33.5. The largest absolute Gasteiger partial charge is 0.481 e. The molecule has 2 N–H and O–H groups in total. The lowest BCUT2D eigenvalue weighted by Crippen LogP contribution is -2.35. The van der Waals surface area contributed by atoms with Crippen molar-refractivity contribution in [1.29, 1.82) is 5.26 Å². The summed E-state index contributed by atoms with van der Waals surface area (Å²) in [6, 6.07) is 18.5. The minimum Gasteiger partial charge on any atom is -0.481 e. The molecule has 2 aliphatic rings. The monoisotopic (exact) mass is 660 g/mol. The summed E-state index contributed by atoms with van der Waals surface area (Å²) in [7, 11) is 1.78. The molecule has 0 aliphatic carbocycles. The Bertz CT molecular complexity index is 2080. The van der Waals surface area contributed by atoms with Crippen molar-refractivity contribution >= 4 is 34.3 Å². The van der Waals surface area contributed by atoms with E-state index in [1.165, 1.54) is 0 Å². The number of oxazole rings is 1. The average molecular weight is 661 g/mol. The molecule has 7 rings (SSSR count). The lowest BCUT2D eigenvalue weighted by atomic mass is 9.91. The number of nitrogens with one attached hydrogen (secondary N) is 1. The van der Waals surface area contributed by atoms with Gasteiger partial charge >= 0.3 is 5.97 Å². The smallest absolute Gasteiger partial charge is 0.306 e. The van der Waals surface area contributed by atoms with Crippen molar-refractivity contribution in [1.82, 2.24) is 25.1 Å². The number of aliphatic carboxylic acids is 1. The second-order valence-corrected chi connectivity index (χ2v) is 13.7. The van der Waals surface area contributed by atoms with Crippen molar-refractivity contribution in [3.8, 4) is 39.2 Å². The van der Waals surface area contributed by atoms with E-state index in [0.717, 1.165) is 54.5 Å². The van der Waals surface area contributed by atoms with Gasteiger partial charge in [-0.05, 0) is 92.8 Å². The van der Waals surface area contributed by atoms with Crippen LogP contribution in [0.4, 0.5) is 0 Å². The molecule has 48 heavy (non-hydrogen) atoms. The Kier molecular flexibility index (Phi) is 8.56. The lowest BCUT2D eigenvalue weighted by Gasteiger charge is -2.30. The number of thiazole rings is 1. The Morgan fingerprint density at radius 3 is 2.38 bits per heavy atom. The van der Waals surface area contributed by atoms with Crippen LogP contribution >= 0.6 is 11.3 Å². The number of benzene rings is 3. The molecule has 0 unspecified atom stereocenters. The lowest BCUT2D eigenvalue weighted by molar-refractivity contribution is -0.143. The summed E-state index contributed by atoms with van der Waals surface area (Å²) < 4.78 is 6.28. The summed E-state index contributed by atoms with van der Waals surface area (Å²) in [4.78, 5) is 38.8. The van der Waals surface area contributed by atoms with Gasteiger partial charge in [0.05, 0.1) is 36.8 Å². The molecule has 2 aromatic heterocycles. The van der Waals surface area contributed by atoms with E-state index in [9.17, 15) is 20.0 Å². The first-order chi connectivity index (χ1) is 23.2. The van der Waals surface area contributed by atoms with Crippen LogP contribution in [0.1, 0.15) is 45.7 Å². The number of likely N-dealkylation sites (tertiary alicyclic amines) is 1. The molecule has 10 nitrogen and oxygen atoms in total. The van der Waals surface area contributed by atoms with E-state index >= 15 is 0 Å². The quantitative estimate of drug-likeness (QED) is 0.201. The zero-order valence-corrected chi connectivity index (χ0v) is 28.0. The van der Waals surface area contributed by atoms with Crippen LogP contribution in [0, 0.1) is 31.1 Å². The number of hydrogen-bond acceptors (Lipinski definition) is 9. The Hall–Kier alpha value is -4.89. The maximum atomic E-state index is 12.4. The molecule has 1 fully saturated rings. The molecule has 0 bridgehead atoms. The summed E-state index contributed by atoms with van der Waals surface area (Å²) >= 11 is 1.65. The topological polar surface area (TPSA) is 136 Å². The number of fused-ring (bicyclic) bond motifs is 2. The number of nitriles is 1. The average Bonchev–Trinajstić information content (AvgIpc) is 3.79. The van der Waals surface area contributed by atoms with Gasteiger partial charge in [-0.3, -0.25) is 14.5 Å². The Balaban J connectivity index is 1.16. The molecule has 3 aromatic carbocycles. The Labute approximate surface area is 282 Å². The van der Waals surface area contributed by atoms with Gasteiger partial charge in [0.15, 0.2) is 5.58 Å². The predicted molar refractivity (Wildman–Crippen MR) is 184 cm³/mol. The van der Waals surface area contributed by atoms with Gasteiger partial charge in [0, 0.05) is 22.5 Å². The first kappa shape index (κ1) is 31.7. The van der Waals surface area contributed by atoms with Crippen molar-refractivity contribution in [3.05, 3.63) is 81.4 Å². The molecular formula is C37H36N6O4S. The van der Waals surface area contributed by atoms with E-state index in [0.29, 0.717) is 74.7 Å². The highest BCUT2D eigenvalue weighted by molar-refractivity contribution is 7.15. The molecule has 11 heteroatoms. The van der Waals surface area contributed by atoms with E-state index in [4.69, 9.17) is 14.4 Å². The minimum absolute atomic E-state index is 0.0794. The van der Waals surface area contributed by atoms with Crippen LogP contribution in [0.3, 0.4) is 0 Å². The standard InChI is InChI=1S/C37H36N6O4S/c1-21-26(27-7-5-9-29(22(27)2)36-41-31-19-43(20-32(31)48-36)33(44)17-39-3)6-4-8-28(21)35-40-30-15-23(14-25(16-38)34(30)47-35)18-42-12-10-24(11-13-42)37(45)46/h4-9,14-15,24,39H,10-13,17-20H2,1-3H3,(H,45,46). The van der Waals surface area contributed by atoms with Crippen LogP contribution in [0.2, 0.25) is 0 Å². The van der Waals surface area contributed by atoms with Crippen LogP contribution in [0.25, 0.3) is 44.3 Å². The van der Waals surface area contributed by atoms with Crippen molar-refractivity contribution in [2.75, 3.05) is 26.7 Å². The first-order valence-electron chi connectivity index (χ1n) is 16.1. The van der Waals surface area contributed by atoms with Gasteiger partial charge in [-0.1, -0.05) is 30.3 Å². The molecule has 4 heterocycles. The number of nitrogens with zero attached hydrogens (tertiary/aromatic N) is 5. The fourth-order valence-electron chi connectivity index (χ4n) is 6.89. The summed E-state index contributed by atoms with van der Waals surface area (Å²) in [6.07, 6.45) is 1.25. The molecule has 2 aliphatic heterocycles. The second-order valence-electron chi connectivity index (χ2n) is 12.6. The highest BCUT2D eigenvalue weighted by atomic mass is 32.1. The maximum Gasteiger partial charge on any atom is 0.306 e. The summed E-state index contributed by atoms with van der Waals surface area (Å²) in [6.45, 7) is 7.67. The Morgan fingerprint density at radius 2 is 1.71 bits per heavy atom. The number of amides is 1. The van der Waals surface area contributed by atoms with E-state index in [-0.39, 0.29) is 11.8 Å². The highest BCUT2D eigenvalue weighted by Crippen LogP contribution is 2.40. The number of piperidine rings is 1. The van der Waals surface area contributed by atoms with Gasteiger partial charge in [0.25, 0.3) is 0 Å². The third-order valence-electron chi connectivity index (χ3n) is 9.57. The van der Waals surface area contributed by atoms with Gasteiger partial charge < -0.3 is 19.7 Å². The molecule has 0 radical (unpaired) electrons. The normalized spacial score (nSPS) is 15.2. The van der Waals surface area contributed by atoms with Crippen LogP contribution in [-0.2, 0) is 29.2 Å². The number of hydrogen-bond donors (Lipinski definition) is 2. The molecular weight excluding hydrogens is 625 g/mol. The van der Waals surface area contributed by atoms with Crippen molar-refractivity contribution in [2.45, 2.75) is 46.3 Å². The molecule has 1 amide bonds. The predicted octanol–water partition coefficient (Wildman–Crippen LogP) is 6.13. The van der Waals surface area contributed by atoms with Gasteiger partial charge in [-0.25, -0.2) is 9.97 Å². The van der Waals surface area contributed by atoms with Crippen molar-refractivity contribution < 1.29 is 19.1 Å². The number of rotatable bonds is 8. The van der Waals surface area contributed by atoms with Crippen LogP contribution in [0.5, 0.6) is 0 Å². The molecule has 0 spiro atoms. The minimum atomic E-state index is -0.727. The van der Waals surface area contributed by atoms with E-state index in [1.807, 2.05) is 29.2 Å². The number of carboxylic acids is 1. The van der Waals surface area contributed by atoms with E-state index in [2.05, 4.69) is 54.4 Å². The fourth-order valence-corrected chi connectivity index (χ4v) is 8.06. The third-order valence-corrected chi connectivity index (χ3v) is 10.7. The first-order valence-corrected chi connectivity index (χ1v) is 17.0. The van der Waals surface area contributed by atoms with Gasteiger partial charge in [-0.2, -0.15) is 5.26 Å². The number of carbonyl (C=O) groups is 2. The molecule has 5 aromatic rings. The maximum absolute atomic E-state index is 12.4. The second kappa shape index (κ2) is 13.0. The Morgan fingerprint density at radius 1 is 1.02 bits per heavy atom. The summed E-state index contributed by atoms with van der Waals surface area (Å²) in [5.41, 5.74) is 9.68. The third kappa shape index (κ3) is 5.87. The number of carboxylic acid groups (broad SMARTS) is 1. The van der Waals surface area contributed by atoms with E-state index < -0.39 is 5.97 Å². The highest BCUT2D eigenvalue weighted by Gasteiger charge is 2.28. The fraction of sp³-hybridized carbons (Fsp3) is 0.324. The summed E-state index contributed by atoms with van der Waals surface area (Å²) in [5, 5.41) is 23.2. The molecule has 0 atom stereocenters. The van der Waals surface area contributed by atoms with Crippen molar-refractivity contribution in [2.24, 2.45) is 5.92 Å². The molecule has 1 saturated heterocycles. The number of aromatic nitrogens is 2. The van der Waals surface area contributed by atoms with Crippen molar-refractivity contribution in [3.63, 3.8) is 0 Å². The molecule has 244 valence electrons. The number of carbonyl (C=O) groups excluding carboxylic acids is 1.